The van der Waals surface area contributed by atoms with Gasteiger partial charge in [0.15, 0.2) is 0 Å². The smallest absolute Gasteiger partial charge is 0.274 e. The summed E-state index contributed by atoms with van der Waals surface area (Å²) in [6.07, 6.45) is 0. The van der Waals surface area contributed by atoms with Gasteiger partial charge >= 0.3 is 0 Å². The van der Waals surface area contributed by atoms with Crippen LogP contribution < -0.4 is 20.3 Å². The lowest BCUT2D eigenvalue weighted by molar-refractivity contribution is 0.395. The zero-order valence-corrected chi connectivity index (χ0v) is 13.1. The summed E-state index contributed by atoms with van der Waals surface area (Å²) in [5.41, 5.74) is 1.25. The Morgan fingerprint density at radius 1 is 1.22 bits per heavy atom. The van der Waals surface area contributed by atoms with Crippen molar-refractivity contribution in [1.82, 2.24) is 19.6 Å². The standard InChI is InChI=1S/C15H17N5O3/c1-9-6-14(21)20-15(17-9)18-13(19-20)8-16-11-5-4-10(22-2)7-12(11)23-3/h4-7,16H,8H2,1-3H3,(H,17,18,19). The first-order chi connectivity index (χ1) is 11.1. The number of aryl methyl sites for hydroxylation is 1. The third-order valence-electron chi connectivity index (χ3n) is 3.36. The average molecular weight is 315 g/mol. The summed E-state index contributed by atoms with van der Waals surface area (Å²) in [7, 11) is 3.19. The molecule has 0 unspecified atom stereocenters. The molecule has 8 nitrogen and oxygen atoms in total. The van der Waals surface area contributed by atoms with E-state index in [1.165, 1.54) is 10.6 Å². The van der Waals surface area contributed by atoms with Gasteiger partial charge in [-0.2, -0.15) is 9.50 Å². The largest absolute Gasteiger partial charge is 0.497 e. The van der Waals surface area contributed by atoms with Gasteiger partial charge in [-0.1, -0.05) is 0 Å². The van der Waals surface area contributed by atoms with Crippen LogP contribution in [0, 0.1) is 6.92 Å². The molecule has 23 heavy (non-hydrogen) atoms. The highest BCUT2D eigenvalue weighted by Crippen LogP contribution is 2.29. The van der Waals surface area contributed by atoms with Crippen molar-refractivity contribution in [3.05, 3.63) is 46.1 Å². The third kappa shape index (κ3) is 2.96. The molecule has 0 atom stereocenters. The lowest BCUT2D eigenvalue weighted by Crippen LogP contribution is -2.14. The molecule has 3 rings (SSSR count). The maximum Gasteiger partial charge on any atom is 0.274 e. The molecule has 1 aromatic carbocycles. The monoisotopic (exact) mass is 315 g/mol. The molecule has 0 radical (unpaired) electrons. The molecule has 0 fully saturated rings. The van der Waals surface area contributed by atoms with Gasteiger partial charge in [0.05, 0.1) is 26.5 Å². The molecule has 2 aromatic heterocycles. The Bertz CT molecular complexity index is 900. The lowest BCUT2D eigenvalue weighted by Gasteiger charge is -2.11. The maximum atomic E-state index is 11.9. The Labute approximate surface area is 132 Å². The van der Waals surface area contributed by atoms with E-state index in [0.717, 1.165) is 5.69 Å². The Kier molecular flexibility index (Phi) is 3.88. The number of hydrogen-bond donors (Lipinski definition) is 2. The zero-order chi connectivity index (χ0) is 16.4. The number of anilines is 1. The van der Waals surface area contributed by atoms with Crippen molar-refractivity contribution in [2.75, 3.05) is 19.5 Å². The maximum absolute atomic E-state index is 11.9. The normalized spacial score (nSPS) is 10.7. The van der Waals surface area contributed by atoms with Gasteiger partial charge in [-0.15, -0.1) is 0 Å². The van der Waals surface area contributed by atoms with Gasteiger partial charge in [0.25, 0.3) is 11.3 Å². The van der Waals surface area contributed by atoms with Gasteiger partial charge in [0.2, 0.25) is 0 Å². The molecule has 2 heterocycles. The molecule has 8 heteroatoms. The minimum Gasteiger partial charge on any atom is -0.497 e. The van der Waals surface area contributed by atoms with E-state index in [0.29, 0.717) is 35.3 Å². The predicted octanol–water partition coefficient (Wildman–Crippen LogP) is 1.36. The first-order valence-corrected chi connectivity index (χ1v) is 7.02. The average Bonchev–Trinajstić information content (AvgIpc) is 2.96. The second-order valence-electron chi connectivity index (χ2n) is 4.96. The van der Waals surface area contributed by atoms with Gasteiger partial charge < -0.3 is 14.8 Å². The van der Waals surface area contributed by atoms with Gasteiger partial charge in [-0.05, 0) is 19.1 Å². The van der Waals surface area contributed by atoms with Crippen LogP contribution in [0.2, 0.25) is 0 Å². The highest BCUT2D eigenvalue weighted by atomic mass is 16.5. The van der Waals surface area contributed by atoms with Crippen molar-refractivity contribution in [1.29, 1.82) is 0 Å². The van der Waals surface area contributed by atoms with Gasteiger partial charge in [-0.25, -0.2) is 4.98 Å². The van der Waals surface area contributed by atoms with E-state index < -0.39 is 0 Å². The number of nitrogens with one attached hydrogen (secondary N) is 2. The second kappa shape index (κ2) is 5.99. The summed E-state index contributed by atoms with van der Waals surface area (Å²) in [4.78, 5) is 20.4. The Hall–Kier alpha value is -3.03. The van der Waals surface area contributed by atoms with Crippen molar-refractivity contribution >= 4 is 11.5 Å². The molecule has 0 saturated heterocycles. The topological polar surface area (TPSA) is 93.5 Å². The molecule has 2 N–H and O–H groups in total. The van der Waals surface area contributed by atoms with Crippen molar-refractivity contribution < 1.29 is 9.47 Å². The fourth-order valence-electron chi connectivity index (χ4n) is 2.24. The van der Waals surface area contributed by atoms with Crippen molar-refractivity contribution in [3.8, 4) is 11.5 Å². The number of aromatic amines is 1. The molecule has 0 spiro atoms. The number of hydrogen-bond acceptors (Lipinski definition) is 6. The van der Waals surface area contributed by atoms with Crippen LogP contribution in [-0.2, 0) is 6.54 Å². The SMILES string of the molecule is COc1ccc(NCc2nc3nc(C)cc(=O)n3[nH]2)c(OC)c1. The number of H-pyrrole nitrogens is 1. The molecule has 0 aliphatic carbocycles. The Morgan fingerprint density at radius 2 is 2.04 bits per heavy atom. The Morgan fingerprint density at radius 3 is 2.78 bits per heavy atom. The van der Waals surface area contributed by atoms with E-state index in [2.05, 4.69) is 20.4 Å². The fourth-order valence-corrected chi connectivity index (χ4v) is 2.24. The summed E-state index contributed by atoms with van der Waals surface area (Å²) in [6.45, 7) is 2.15. The van der Waals surface area contributed by atoms with Crippen molar-refractivity contribution in [2.24, 2.45) is 0 Å². The van der Waals surface area contributed by atoms with Crippen LogP contribution in [0.1, 0.15) is 11.5 Å². The molecule has 0 aliphatic heterocycles. The van der Waals surface area contributed by atoms with E-state index in [1.54, 1.807) is 27.2 Å². The highest BCUT2D eigenvalue weighted by molar-refractivity contribution is 5.59. The van der Waals surface area contributed by atoms with Crippen LogP contribution in [0.4, 0.5) is 5.69 Å². The summed E-state index contributed by atoms with van der Waals surface area (Å²) in [5, 5.41) is 6.13. The predicted molar refractivity (Wildman–Crippen MR) is 85.2 cm³/mol. The van der Waals surface area contributed by atoms with Crippen LogP contribution >= 0.6 is 0 Å². The molecule has 3 aromatic rings. The summed E-state index contributed by atoms with van der Waals surface area (Å²) in [6, 6.07) is 6.93. The molecule has 0 bridgehead atoms. The third-order valence-corrected chi connectivity index (χ3v) is 3.36. The number of ether oxygens (including phenoxy) is 2. The van der Waals surface area contributed by atoms with Crippen LogP contribution in [0.5, 0.6) is 11.5 Å². The summed E-state index contributed by atoms with van der Waals surface area (Å²) < 4.78 is 11.8. The molecule has 120 valence electrons. The zero-order valence-electron chi connectivity index (χ0n) is 13.1. The number of fused-ring (bicyclic) bond motifs is 1. The summed E-state index contributed by atoms with van der Waals surface area (Å²) in [5.74, 6) is 2.32. The number of methoxy groups -OCH3 is 2. The molecule has 0 aliphatic rings. The van der Waals surface area contributed by atoms with E-state index in [1.807, 2.05) is 12.1 Å². The second-order valence-corrected chi connectivity index (χ2v) is 4.96. The minimum absolute atomic E-state index is 0.187. The van der Waals surface area contributed by atoms with E-state index in [9.17, 15) is 4.79 Å². The molecular formula is C15H17N5O3. The van der Waals surface area contributed by atoms with Crippen LogP contribution in [0.15, 0.2) is 29.1 Å². The number of nitrogens with zero attached hydrogens (tertiary/aromatic N) is 3. The first kappa shape index (κ1) is 14.9. The quantitative estimate of drug-likeness (QED) is 0.738. The van der Waals surface area contributed by atoms with Crippen molar-refractivity contribution in [2.45, 2.75) is 13.5 Å². The minimum atomic E-state index is -0.187. The van der Waals surface area contributed by atoms with Gasteiger partial charge in [-0.3, -0.25) is 9.89 Å². The van der Waals surface area contributed by atoms with Crippen molar-refractivity contribution in [3.63, 3.8) is 0 Å². The van der Waals surface area contributed by atoms with Crippen LogP contribution in [0.3, 0.4) is 0 Å². The number of rotatable bonds is 5. The van der Waals surface area contributed by atoms with Crippen LogP contribution in [0.25, 0.3) is 5.78 Å². The van der Waals surface area contributed by atoms with E-state index in [4.69, 9.17) is 9.47 Å². The molecule has 0 amide bonds. The van der Waals surface area contributed by atoms with E-state index in [-0.39, 0.29) is 5.56 Å². The lowest BCUT2D eigenvalue weighted by atomic mass is 10.2. The Balaban J connectivity index is 1.83. The number of benzene rings is 1. The fraction of sp³-hybridized carbons (Fsp3) is 0.267. The first-order valence-electron chi connectivity index (χ1n) is 7.02. The van der Waals surface area contributed by atoms with Crippen LogP contribution in [-0.4, -0.2) is 33.8 Å². The molecule has 0 saturated carbocycles. The molecular weight excluding hydrogens is 298 g/mol. The van der Waals surface area contributed by atoms with Gasteiger partial charge in [0.1, 0.15) is 17.3 Å². The number of aromatic nitrogens is 4. The van der Waals surface area contributed by atoms with E-state index >= 15 is 0 Å². The summed E-state index contributed by atoms with van der Waals surface area (Å²) >= 11 is 0. The highest BCUT2D eigenvalue weighted by Gasteiger charge is 2.08. The van der Waals surface area contributed by atoms with Gasteiger partial charge in [0, 0.05) is 17.8 Å².